The maximum Gasteiger partial charge on any atom is 0.0553 e. The molecular weight excluding hydrogens is 677 g/mol. The summed E-state index contributed by atoms with van der Waals surface area (Å²) < 4.78 is 4.98. The van der Waals surface area contributed by atoms with Gasteiger partial charge in [0.2, 0.25) is 0 Å². The first kappa shape index (κ1) is 31.0. The maximum absolute atomic E-state index is 2.50. The molecular formula is C54H34N2. The lowest BCUT2D eigenvalue weighted by molar-refractivity contribution is 1.17. The van der Waals surface area contributed by atoms with Crippen LogP contribution >= 0.6 is 0 Å². The Morgan fingerprint density at radius 1 is 0.214 bits per heavy atom. The Morgan fingerprint density at radius 3 is 1.36 bits per heavy atom. The summed E-state index contributed by atoms with van der Waals surface area (Å²) in [5.74, 6) is 0. The van der Waals surface area contributed by atoms with E-state index in [1.165, 1.54) is 98.5 Å². The van der Waals surface area contributed by atoms with Gasteiger partial charge in [0.25, 0.3) is 0 Å². The largest absolute Gasteiger partial charge is 0.309 e. The van der Waals surface area contributed by atoms with Gasteiger partial charge in [0.05, 0.1) is 22.1 Å². The van der Waals surface area contributed by atoms with E-state index in [-0.39, 0.29) is 0 Å². The minimum absolute atomic E-state index is 1.15. The Hall–Kier alpha value is -7.42. The van der Waals surface area contributed by atoms with E-state index in [1.54, 1.807) is 0 Å². The van der Waals surface area contributed by atoms with Gasteiger partial charge in [-0.1, -0.05) is 146 Å². The summed E-state index contributed by atoms with van der Waals surface area (Å²) in [7, 11) is 0. The van der Waals surface area contributed by atoms with Crippen LogP contribution in [-0.4, -0.2) is 9.13 Å². The lowest BCUT2D eigenvalue weighted by atomic mass is 9.92. The molecule has 0 spiro atoms. The summed E-state index contributed by atoms with van der Waals surface area (Å²) in [5.41, 5.74) is 14.4. The Bertz CT molecular complexity index is 3440. The van der Waals surface area contributed by atoms with Crippen LogP contribution in [0.5, 0.6) is 0 Å². The fourth-order valence-corrected chi connectivity index (χ4v) is 9.43. The summed E-state index contributed by atoms with van der Waals surface area (Å²) in [6, 6.07) is 75.7. The highest BCUT2D eigenvalue weighted by molar-refractivity contribution is 6.39. The van der Waals surface area contributed by atoms with Crippen molar-refractivity contribution in [2.24, 2.45) is 0 Å². The second-order valence-corrected chi connectivity index (χ2v) is 14.9. The number of aromatic nitrogens is 2. The molecule has 0 saturated heterocycles. The van der Waals surface area contributed by atoms with E-state index >= 15 is 0 Å². The van der Waals surface area contributed by atoms with Crippen molar-refractivity contribution in [1.82, 2.24) is 9.13 Å². The molecule has 0 N–H and O–H groups in total. The molecule has 0 radical (unpaired) electrons. The normalized spacial score (nSPS) is 11.9. The summed E-state index contributed by atoms with van der Waals surface area (Å²) in [6.07, 6.45) is 0. The Kier molecular flexibility index (Phi) is 6.66. The maximum atomic E-state index is 2.50. The SMILES string of the molecule is c1ccc(-c2cccc(-c3cccc(-n4c5cccc6c7ccccc7c7cc(-c8ccccc8)cc8c7c7c(c65)c4ccc7n8-c4ccccc4)c3)c2)cc1. The average Bonchev–Trinajstić information content (AvgIpc) is 3.80. The van der Waals surface area contributed by atoms with Crippen molar-refractivity contribution in [2.45, 2.75) is 0 Å². The summed E-state index contributed by atoms with van der Waals surface area (Å²) in [6.45, 7) is 0. The quantitative estimate of drug-likeness (QED) is 0.168. The van der Waals surface area contributed by atoms with Crippen LogP contribution in [0.3, 0.4) is 0 Å². The molecule has 2 aromatic heterocycles. The van der Waals surface area contributed by atoms with E-state index < -0.39 is 0 Å². The van der Waals surface area contributed by atoms with Gasteiger partial charge in [0.15, 0.2) is 0 Å². The minimum Gasteiger partial charge on any atom is -0.309 e. The lowest BCUT2D eigenvalue weighted by Gasteiger charge is -2.12. The number of hydrogen-bond donors (Lipinski definition) is 0. The number of para-hydroxylation sites is 1. The van der Waals surface area contributed by atoms with Gasteiger partial charge in [-0.15, -0.1) is 0 Å². The molecule has 0 atom stereocenters. The molecule has 0 bridgehead atoms. The second-order valence-electron chi connectivity index (χ2n) is 14.9. The minimum atomic E-state index is 1.15. The first-order valence-corrected chi connectivity index (χ1v) is 19.4. The monoisotopic (exact) mass is 710 g/mol. The summed E-state index contributed by atoms with van der Waals surface area (Å²) in [4.78, 5) is 0. The van der Waals surface area contributed by atoms with Crippen LogP contribution in [0.2, 0.25) is 0 Å². The van der Waals surface area contributed by atoms with Crippen LogP contribution in [0.15, 0.2) is 206 Å². The highest BCUT2D eigenvalue weighted by atomic mass is 15.0. The molecule has 12 aromatic rings. The molecule has 0 aliphatic carbocycles. The summed E-state index contributed by atoms with van der Waals surface area (Å²) >= 11 is 0. The van der Waals surface area contributed by atoms with Gasteiger partial charge >= 0.3 is 0 Å². The van der Waals surface area contributed by atoms with Crippen LogP contribution in [0.25, 0.3) is 110 Å². The van der Waals surface area contributed by atoms with Crippen molar-refractivity contribution in [2.75, 3.05) is 0 Å². The molecule has 12 rings (SSSR count). The average molecular weight is 711 g/mol. The van der Waals surface area contributed by atoms with E-state index in [4.69, 9.17) is 0 Å². The molecule has 10 aromatic carbocycles. The predicted octanol–water partition coefficient (Wildman–Crippen LogP) is 14.6. The van der Waals surface area contributed by atoms with E-state index in [0.717, 1.165) is 11.4 Å². The molecule has 2 nitrogen and oxygen atoms in total. The molecule has 0 aliphatic rings. The van der Waals surface area contributed by atoms with Gasteiger partial charge in [-0.05, 0) is 116 Å². The fraction of sp³-hybridized carbons (Fsp3) is 0. The van der Waals surface area contributed by atoms with Crippen LogP contribution in [-0.2, 0) is 0 Å². The molecule has 0 aliphatic heterocycles. The van der Waals surface area contributed by atoms with E-state index in [9.17, 15) is 0 Å². The highest BCUT2D eigenvalue weighted by Crippen LogP contribution is 2.49. The van der Waals surface area contributed by atoms with Crippen molar-refractivity contribution >= 4 is 65.2 Å². The van der Waals surface area contributed by atoms with Gasteiger partial charge in [-0.25, -0.2) is 0 Å². The van der Waals surface area contributed by atoms with Crippen molar-refractivity contribution in [3.63, 3.8) is 0 Å². The topological polar surface area (TPSA) is 9.86 Å². The zero-order chi connectivity index (χ0) is 36.7. The third-order valence-corrected chi connectivity index (χ3v) is 11.8. The standard InChI is InChI=1S/C54H34N2/c1-4-15-35(16-5-1)37-19-12-20-38(31-37)39-21-13-24-42(32-39)56-47-28-14-27-45-43-25-10-11-26-44(43)46-33-40(36-17-6-2-7-18-36)34-50-52(46)54-48(29-30-49(56)53(54)51(45)47)55(50)41-22-8-3-9-23-41/h1-34H. The fourth-order valence-electron chi connectivity index (χ4n) is 9.43. The van der Waals surface area contributed by atoms with Crippen LogP contribution in [0.1, 0.15) is 0 Å². The molecule has 260 valence electrons. The zero-order valence-electron chi connectivity index (χ0n) is 30.5. The molecule has 0 fully saturated rings. The Labute approximate surface area is 324 Å². The first-order chi connectivity index (χ1) is 27.8. The van der Waals surface area contributed by atoms with Gasteiger partial charge in [0, 0.05) is 32.9 Å². The van der Waals surface area contributed by atoms with E-state index in [2.05, 4.69) is 215 Å². The van der Waals surface area contributed by atoms with Gasteiger partial charge in [-0.2, -0.15) is 0 Å². The van der Waals surface area contributed by atoms with Crippen molar-refractivity contribution in [3.05, 3.63) is 206 Å². The third-order valence-electron chi connectivity index (χ3n) is 11.8. The number of fused-ring (bicyclic) bond motifs is 3. The smallest absolute Gasteiger partial charge is 0.0553 e. The van der Waals surface area contributed by atoms with E-state index in [1.807, 2.05) is 0 Å². The molecule has 56 heavy (non-hydrogen) atoms. The molecule has 0 unspecified atom stereocenters. The third kappa shape index (κ3) is 4.50. The molecule has 0 saturated carbocycles. The number of nitrogens with zero attached hydrogens (tertiary/aromatic N) is 2. The number of rotatable bonds is 5. The van der Waals surface area contributed by atoms with Crippen LogP contribution in [0.4, 0.5) is 0 Å². The molecule has 2 heteroatoms. The van der Waals surface area contributed by atoms with Crippen LogP contribution < -0.4 is 0 Å². The molecule has 0 amide bonds. The first-order valence-electron chi connectivity index (χ1n) is 19.4. The Morgan fingerprint density at radius 2 is 0.661 bits per heavy atom. The number of hydrogen-bond acceptors (Lipinski definition) is 0. The molecule has 2 heterocycles. The van der Waals surface area contributed by atoms with E-state index in [0.29, 0.717) is 0 Å². The predicted molar refractivity (Wildman–Crippen MR) is 238 cm³/mol. The lowest BCUT2D eigenvalue weighted by Crippen LogP contribution is -1.95. The zero-order valence-corrected chi connectivity index (χ0v) is 30.5. The van der Waals surface area contributed by atoms with Crippen molar-refractivity contribution in [1.29, 1.82) is 0 Å². The van der Waals surface area contributed by atoms with Gasteiger partial charge in [0.1, 0.15) is 0 Å². The van der Waals surface area contributed by atoms with Crippen LogP contribution in [0, 0.1) is 0 Å². The van der Waals surface area contributed by atoms with Crippen molar-refractivity contribution in [3.8, 4) is 44.8 Å². The Balaban J connectivity index is 1.23. The van der Waals surface area contributed by atoms with Gasteiger partial charge < -0.3 is 9.13 Å². The summed E-state index contributed by atoms with van der Waals surface area (Å²) in [5, 5.41) is 10.2. The van der Waals surface area contributed by atoms with Crippen molar-refractivity contribution < 1.29 is 0 Å². The highest BCUT2D eigenvalue weighted by Gasteiger charge is 2.25. The second kappa shape index (κ2) is 12.0. The van der Waals surface area contributed by atoms with Gasteiger partial charge in [-0.3, -0.25) is 0 Å². The number of benzene rings is 9.